The van der Waals surface area contributed by atoms with Crippen LogP contribution in [0.15, 0.2) is 48.5 Å². The van der Waals surface area contributed by atoms with E-state index in [0.717, 1.165) is 62.9 Å². The zero-order chi connectivity index (χ0) is 24.0. The number of anilines is 2. The topological polar surface area (TPSA) is 93.5 Å². The summed E-state index contributed by atoms with van der Waals surface area (Å²) in [6.45, 7) is 6.27. The average Bonchev–Trinajstić information content (AvgIpc) is 3.08. The molecule has 35 heavy (non-hydrogen) atoms. The smallest absolute Gasteiger partial charge is 0.320 e. The van der Waals surface area contributed by atoms with Crippen molar-refractivity contribution in [1.82, 2.24) is 15.2 Å². The fraction of sp³-hybridized carbons (Fsp3) is 0.370. The molecule has 8 nitrogen and oxygen atoms in total. The maximum atomic E-state index is 11.7. The molecule has 2 aliphatic rings. The van der Waals surface area contributed by atoms with Gasteiger partial charge in [0.1, 0.15) is 5.82 Å². The van der Waals surface area contributed by atoms with Crippen LogP contribution in [-0.4, -0.2) is 61.8 Å². The highest BCUT2D eigenvalue weighted by Crippen LogP contribution is 2.28. The van der Waals surface area contributed by atoms with Gasteiger partial charge in [0.2, 0.25) is 5.88 Å². The van der Waals surface area contributed by atoms with Gasteiger partial charge in [-0.1, -0.05) is 18.2 Å². The van der Waals surface area contributed by atoms with Crippen molar-refractivity contribution in [2.24, 2.45) is 0 Å². The summed E-state index contributed by atoms with van der Waals surface area (Å²) in [5.74, 6) is 1.14. The molecule has 3 heterocycles. The molecule has 0 spiro atoms. The fourth-order valence-corrected chi connectivity index (χ4v) is 4.75. The number of urea groups is 1. The normalized spacial score (nSPS) is 16.1. The second-order valence-electron chi connectivity index (χ2n) is 9.00. The number of hydrogen-bond acceptors (Lipinski definition) is 6. The predicted molar refractivity (Wildman–Crippen MR) is 137 cm³/mol. The summed E-state index contributed by atoms with van der Waals surface area (Å²) in [5.41, 5.74) is 2.94. The third kappa shape index (κ3) is 5.47. The highest BCUT2D eigenvalue weighted by molar-refractivity contribution is 5.95. The summed E-state index contributed by atoms with van der Waals surface area (Å²) in [6, 6.07) is 18.2. The number of fused-ring (bicyclic) bond motifs is 2. The van der Waals surface area contributed by atoms with Crippen LogP contribution in [-0.2, 0) is 6.42 Å². The summed E-state index contributed by atoms with van der Waals surface area (Å²) in [7, 11) is 0. The number of aromatic nitrogens is 1. The van der Waals surface area contributed by atoms with Crippen LogP contribution in [0.2, 0.25) is 0 Å². The third-order valence-corrected chi connectivity index (χ3v) is 6.68. The molecule has 2 aliphatic heterocycles. The molecule has 8 heteroatoms. The molecule has 5 rings (SSSR count). The van der Waals surface area contributed by atoms with Crippen LogP contribution in [0.1, 0.15) is 24.0 Å². The molecular weight excluding hydrogens is 440 g/mol. The van der Waals surface area contributed by atoms with Crippen LogP contribution in [0.3, 0.4) is 0 Å². The molecule has 1 fully saturated rings. The Balaban J connectivity index is 1.07. The van der Waals surface area contributed by atoms with Crippen LogP contribution < -0.4 is 20.3 Å². The number of piperazine rings is 1. The lowest BCUT2D eigenvalue weighted by atomic mass is 10.0. The molecule has 0 aliphatic carbocycles. The van der Waals surface area contributed by atoms with Crippen molar-refractivity contribution < 1.29 is 9.53 Å². The van der Waals surface area contributed by atoms with Gasteiger partial charge in [-0.2, -0.15) is 10.2 Å². The Kier molecular flexibility index (Phi) is 6.96. The lowest BCUT2D eigenvalue weighted by Gasteiger charge is -2.36. The minimum atomic E-state index is -0.221. The highest BCUT2D eigenvalue weighted by Gasteiger charge is 2.19. The summed E-state index contributed by atoms with van der Waals surface area (Å²) in [4.78, 5) is 21.1. The van der Waals surface area contributed by atoms with E-state index in [-0.39, 0.29) is 6.03 Å². The van der Waals surface area contributed by atoms with Crippen LogP contribution in [0.4, 0.5) is 16.3 Å². The fourth-order valence-electron chi connectivity index (χ4n) is 4.75. The van der Waals surface area contributed by atoms with Gasteiger partial charge >= 0.3 is 6.03 Å². The summed E-state index contributed by atoms with van der Waals surface area (Å²) >= 11 is 0. The number of amides is 2. The first-order chi connectivity index (χ1) is 17.2. The van der Waals surface area contributed by atoms with Crippen LogP contribution >= 0.6 is 0 Å². The van der Waals surface area contributed by atoms with Gasteiger partial charge in [0.15, 0.2) is 0 Å². The number of rotatable bonds is 7. The van der Waals surface area contributed by atoms with Crippen molar-refractivity contribution in [3.8, 4) is 11.9 Å². The molecule has 1 aromatic heterocycles. The van der Waals surface area contributed by atoms with Crippen LogP contribution in [0.25, 0.3) is 10.8 Å². The molecule has 180 valence electrons. The van der Waals surface area contributed by atoms with E-state index in [9.17, 15) is 10.1 Å². The number of pyridine rings is 1. The van der Waals surface area contributed by atoms with Gasteiger partial charge < -0.3 is 15.0 Å². The number of carbonyl (C=O) groups is 1. The Morgan fingerprint density at radius 1 is 1.06 bits per heavy atom. The first-order valence-electron chi connectivity index (χ1n) is 12.3. The van der Waals surface area contributed by atoms with E-state index in [0.29, 0.717) is 30.4 Å². The lowest BCUT2D eigenvalue weighted by molar-refractivity contribution is 0.237. The molecule has 1 saturated heterocycles. The second kappa shape index (κ2) is 10.6. The maximum Gasteiger partial charge on any atom is 0.320 e. The second-order valence-corrected chi connectivity index (χ2v) is 9.00. The van der Waals surface area contributed by atoms with Crippen LogP contribution in [0, 0.1) is 11.3 Å². The SMILES string of the molecule is N#Cc1ccc2cccc(N3CCN(CCCCOc4ccc5c(n4)NC(=O)NCC5)CC3)c2c1. The maximum absolute atomic E-state index is 11.7. The zero-order valence-corrected chi connectivity index (χ0v) is 19.8. The monoisotopic (exact) mass is 470 g/mol. The number of nitriles is 1. The summed E-state index contributed by atoms with van der Waals surface area (Å²) < 4.78 is 5.84. The van der Waals surface area contributed by atoms with Gasteiger partial charge in [0.05, 0.1) is 18.2 Å². The highest BCUT2D eigenvalue weighted by atomic mass is 16.5. The Morgan fingerprint density at radius 2 is 1.94 bits per heavy atom. The number of nitrogens with one attached hydrogen (secondary N) is 2. The Morgan fingerprint density at radius 3 is 2.80 bits per heavy atom. The van der Waals surface area contributed by atoms with Gasteiger partial charge in [0.25, 0.3) is 0 Å². The predicted octanol–water partition coefficient (Wildman–Crippen LogP) is 3.77. The molecule has 0 atom stereocenters. The van der Waals surface area contributed by atoms with Gasteiger partial charge in [-0.25, -0.2) is 4.79 Å². The number of ether oxygens (including phenoxy) is 1. The summed E-state index contributed by atoms with van der Waals surface area (Å²) in [5, 5.41) is 17.2. The number of hydrogen-bond donors (Lipinski definition) is 2. The largest absolute Gasteiger partial charge is 0.478 e. The molecule has 2 amide bonds. The van der Waals surface area contributed by atoms with Crippen molar-refractivity contribution in [2.75, 3.05) is 56.1 Å². The van der Waals surface area contributed by atoms with Crippen molar-refractivity contribution in [1.29, 1.82) is 5.26 Å². The standard InChI is InChI=1S/C27H30N6O2/c28-19-20-6-7-21-4-3-5-24(23(21)18-20)33-15-13-32(14-16-33)12-1-2-17-35-25-9-8-22-10-11-29-27(34)31-26(22)30-25/h3-9,18H,1-2,10-17H2,(H2,29,30,31,34). The molecule has 3 aromatic rings. The van der Waals surface area contributed by atoms with Crippen LogP contribution in [0.5, 0.6) is 5.88 Å². The van der Waals surface area contributed by atoms with Gasteiger partial charge in [-0.05, 0) is 61.0 Å². The molecule has 0 saturated carbocycles. The summed E-state index contributed by atoms with van der Waals surface area (Å²) in [6.07, 6.45) is 2.77. The van der Waals surface area contributed by atoms with Gasteiger partial charge in [-0.15, -0.1) is 0 Å². The molecule has 2 N–H and O–H groups in total. The number of unbranched alkanes of at least 4 members (excludes halogenated alkanes) is 1. The Labute approximate surface area is 205 Å². The van der Waals surface area contributed by atoms with Crippen molar-refractivity contribution in [3.63, 3.8) is 0 Å². The molecule has 0 bridgehead atoms. The molecule has 2 aromatic carbocycles. The quantitative estimate of drug-likeness (QED) is 0.511. The number of benzene rings is 2. The van der Waals surface area contributed by atoms with E-state index in [4.69, 9.17) is 4.74 Å². The molecular formula is C27H30N6O2. The number of nitrogens with zero attached hydrogens (tertiary/aromatic N) is 4. The Hall–Kier alpha value is -3.83. The zero-order valence-electron chi connectivity index (χ0n) is 19.8. The minimum Gasteiger partial charge on any atom is -0.478 e. The Bertz CT molecular complexity index is 1250. The number of carbonyl (C=O) groups excluding carboxylic acids is 1. The molecule has 0 radical (unpaired) electrons. The van der Waals surface area contributed by atoms with E-state index in [1.165, 1.54) is 11.1 Å². The van der Waals surface area contributed by atoms with Crippen molar-refractivity contribution in [2.45, 2.75) is 19.3 Å². The van der Waals surface area contributed by atoms with Crippen molar-refractivity contribution >= 4 is 28.3 Å². The van der Waals surface area contributed by atoms with Gasteiger partial charge in [0, 0.05) is 49.9 Å². The van der Waals surface area contributed by atoms with Crippen molar-refractivity contribution in [3.05, 3.63) is 59.7 Å². The first kappa shape index (κ1) is 22.9. The van der Waals surface area contributed by atoms with E-state index in [1.807, 2.05) is 30.3 Å². The van der Waals surface area contributed by atoms with E-state index >= 15 is 0 Å². The van der Waals surface area contributed by atoms with E-state index in [1.54, 1.807) is 0 Å². The van der Waals surface area contributed by atoms with Gasteiger partial charge in [-0.3, -0.25) is 10.2 Å². The minimum absolute atomic E-state index is 0.221. The van der Waals surface area contributed by atoms with E-state index in [2.05, 4.69) is 49.7 Å². The first-order valence-corrected chi connectivity index (χ1v) is 12.3. The third-order valence-electron chi connectivity index (χ3n) is 6.68. The van der Waals surface area contributed by atoms with E-state index < -0.39 is 0 Å². The lowest BCUT2D eigenvalue weighted by Crippen LogP contribution is -2.46. The average molecular weight is 471 g/mol. The molecule has 0 unspecified atom stereocenters.